The molecule has 4 atom stereocenters. The van der Waals surface area contributed by atoms with Crippen LogP contribution in [0.15, 0.2) is 53.2 Å². The largest absolute Gasteiger partial charge is 0.371 e. The molecule has 35 heavy (non-hydrogen) atoms. The summed E-state index contributed by atoms with van der Waals surface area (Å²) in [5.74, 6) is 2.58. The Balaban J connectivity index is 1.45. The van der Waals surface area contributed by atoms with Crippen molar-refractivity contribution < 1.29 is 5.11 Å². The molecule has 2 fully saturated rings. The minimum absolute atomic E-state index is 0.470. The molecule has 4 aliphatic rings. The van der Waals surface area contributed by atoms with Crippen LogP contribution in [0.2, 0.25) is 0 Å². The fourth-order valence-corrected chi connectivity index (χ4v) is 5.83. The molecule has 2 saturated carbocycles. The number of nitrogens with zero attached hydrogens (tertiary/aromatic N) is 3. The summed E-state index contributed by atoms with van der Waals surface area (Å²) < 4.78 is 0. The average molecular weight is 481 g/mol. The SMILES string of the molecule is C/C=C\CC/C=C/N1CCC(C)N(CC2=CC=CC3CC23)CCC/C(NC2CCCCC2)=N\C1O. The molecule has 0 aromatic heterocycles. The van der Waals surface area contributed by atoms with Crippen LogP contribution in [-0.2, 0) is 0 Å². The lowest BCUT2D eigenvalue weighted by atomic mass is 9.95. The molecule has 1 heterocycles. The van der Waals surface area contributed by atoms with E-state index in [-0.39, 0.29) is 0 Å². The number of amidine groups is 1. The molecule has 1 aliphatic heterocycles. The number of rotatable bonds is 7. The molecule has 5 heteroatoms. The molecule has 2 N–H and O–H groups in total. The van der Waals surface area contributed by atoms with Crippen LogP contribution in [-0.4, -0.2) is 58.8 Å². The van der Waals surface area contributed by atoms with Crippen molar-refractivity contribution in [2.24, 2.45) is 16.8 Å². The summed E-state index contributed by atoms with van der Waals surface area (Å²) in [4.78, 5) is 9.56. The Hall–Kier alpha value is -1.85. The van der Waals surface area contributed by atoms with Crippen molar-refractivity contribution in [2.75, 3.05) is 19.6 Å². The number of hydrogen-bond acceptors (Lipinski definition) is 5. The summed E-state index contributed by atoms with van der Waals surface area (Å²) in [5.41, 5.74) is 1.62. The first-order valence-corrected chi connectivity index (χ1v) is 14.3. The molecule has 0 aromatic carbocycles. The van der Waals surface area contributed by atoms with Gasteiger partial charge >= 0.3 is 0 Å². The molecule has 194 valence electrons. The maximum atomic E-state index is 11.1. The van der Waals surface area contributed by atoms with E-state index >= 15 is 0 Å². The lowest BCUT2D eigenvalue weighted by molar-refractivity contribution is 0.0400. The third kappa shape index (κ3) is 8.08. The highest BCUT2D eigenvalue weighted by Crippen LogP contribution is 2.47. The lowest BCUT2D eigenvalue weighted by Gasteiger charge is -2.32. The van der Waals surface area contributed by atoms with Gasteiger partial charge in [-0.15, -0.1) is 0 Å². The van der Waals surface area contributed by atoms with E-state index in [2.05, 4.69) is 66.7 Å². The van der Waals surface area contributed by atoms with Gasteiger partial charge in [0.2, 0.25) is 6.35 Å². The van der Waals surface area contributed by atoms with E-state index in [1.165, 1.54) is 38.5 Å². The standard InChI is InChI=1S/C30H48N4O/c1-3-4-5-6-10-19-33-21-18-24(2)34(23-26-14-11-13-25-22-28(25)26)20-12-17-29(32-30(33)35)31-27-15-8-7-9-16-27/h3-4,10-11,13-14,19,24-25,27-28,30,35H,5-9,12,15-18,20-23H2,1-2H3,(H,31,32)/b4-3-,19-10+. The number of aliphatic imine (C=N–C) groups is 1. The van der Waals surface area contributed by atoms with Crippen LogP contribution in [0, 0.1) is 11.8 Å². The number of unbranched alkanes of at least 4 members (excludes halogenated alkanes) is 1. The van der Waals surface area contributed by atoms with Gasteiger partial charge in [-0.05, 0) is 83.4 Å². The zero-order valence-electron chi connectivity index (χ0n) is 22.1. The van der Waals surface area contributed by atoms with E-state index in [4.69, 9.17) is 4.99 Å². The van der Waals surface area contributed by atoms with Crippen molar-refractivity contribution in [3.8, 4) is 0 Å². The molecule has 5 nitrogen and oxygen atoms in total. The van der Waals surface area contributed by atoms with Gasteiger partial charge in [0.1, 0.15) is 5.84 Å². The Bertz CT molecular complexity index is 807. The highest BCUT2D eigenvalue weighted by molar-refractivity contribution is 5.82. The number of aliphatic hydroxyl groups is 1. The second kappa shape index (κ2) is 13.5. The predicted molar refractivity (Wildman–Crippen MR) is 147 cm³/mol. The number of allylic oxidation sites excluding steroid dienone is 6. The predicted octanol–water partition coefficient (Wildman–Crippen LogP) is 5.76. The molecule has 4 rings (SSSR count). The Morgan fingerprint density at radius 3 is 2.74 bits per heavy atom. The highest BCUT2D eigenvalue weighted by atomic mass is 16.3. The summed E-state index contributed by atoms with van der Waals surface area (Å²) in [6.45, 7) is 7.40. The van der Waals surface area contributed by atoms with Gasteiger partial charge in [-0.2, -0.15) is 0 Å². The summed E-state index contributed by atoms with van der Waals surface area (Å²) in [6.07, 6.45) is 27.5. The fraction of sp³-hybridized carbons (Fsp3) is 0.700. The summed E-state index contributed by atoms with van der Waals surface area (Å²) in [6, 6.07) is 0.976. The second-order valence-electron chi connectivity index (χ2n) is 11.0. The van der Waals surface area contributed by atoms with E-state index in [0.717, 1.165) is 69.4 Å². The zero-order chi connectivity index (χ0) is 24.5. The first-order valence-electron chi connectivity index (χ1n) is 14.3. The van der Waals surface area contributed by atoms with Gasteiger partial charge in [-0.25, -0.2) is 4.99 Å². The van der Waals surface area contributed by atoms with Gasteiger partial charge in [-0.1, -0.05) is 61.3 Å². The molecule has 0 bridgehead atoms. The van der Waals surface area contributed by atoms with Gasteiger partial charge in [0.25, 0.3) is 0 Å². The van der Waals surface area contributed by atoms with Crippen molar-refractivity contribution in [1.29, 1.82) is 0 Å². The summed E-state index contributed by atoms with van der Waals surface area (Å²) >= 11 is 0. The Morgan fingerprint density at radius 2 is 1.91 bits per heavy atom. The van der Waals surface area contributed by atoms with Crippen molar-refractivity contribution in [1.82, 2.24) is 15.1 Å². The van der Waals surface area contributed by atoms with Crippen LogP contribution in [0.4, 0.5) is 0 Å². The smallest absolute Gasteiger partial charge is 0.226 e. The van der Waals surface area contributed by atoms with Crippen molar-refractivity contribution in [3.63, 3.8) is 0 Å². The quantitative estimate of drug-likeness (QED) is 0.359. The maximum Gasteiger partial charge on any atom is 0.226 e. The Kier molecular flexibility index (Phi) is 10.1. The Morgan fingerprint density at radius 1 is 1.09 bits per heavy atom. The van der Waals surface area contributed by atoms with Gasteiger partial charge in [0, 0.05) is 31.6 Å². The summed E-state index contributed by atoms with van der Waals surface area (Å²) in [5, 5.41) is 14.9. The third-order valence-electron chi connectivity index (χ3n) is 8.23. The second-order valence-corrected chi connectivity index (χ2v) is 11.0. The van der Waals surface area contributed by atoms with Crippen molar-refractivity contribution in [3.05, 3.63) is 48.2 Å². The maximum absolute atomic E-state index is 11.1. The molecule has 3 aliphatic carbocycles. The topological polar surface area (TPSA) is 51.1 Å². The number of aliphatic hydroxyl groups excluding tert-OH is 1. The fourth-order valence-electron chi connectivity index (χ4n) is 5.83. The number of hydrogen-bond donors (Lipinski definition) is 2. The summed E-state index contributed by atoms with van der Waals surface area (Å²) in [7, 11) is 0. The molecule has 0 radical (unpaired) electrons. The van der Waals surface area contributed by atoms with Crippen LogP contribution in [0.1, 0.15) is 84.5 Å². The molecule has 0 saturated heterocycles. The van der Waals surface area contributed by atoms with Crippen molar-refractivity contribution >= 4 is 5.84 Å². The average Bonchev–Trinajstić information content (AvgIpc) is 3.66. The van der Waals surface area contributed by atoms with Crippen LogP contribution < -0.4 is 5.32 Å². The molecule has 0 spiro atoms. The number of nitrogens with one attached hydrogen (secondary N) is 1. The molecular formula is C30H48N4O. The monoisotopic (exact) mass is 480 g/mol. The van der Waals surface area contributed by atoms with Gasteiger partial charge < -0.3 is 15.3 Å². The van der Waals surface area contributed by atoms with Crippen molar-refractivity contribution in [2.45, 2.75) is 103 Å². The molecule has 0 aromatic rings. The van der Waals surface area contributed by atoms with E-state index < -0.39 is 6.35 Å². The minimum Gasteiger partial charge on any atom is -0.371 e. The van der Waals surface area contributed by atoms with Crippen LogP contribution >= 0.6 is 0 Å². The van der Waals surface area contributed by atoms with E-state index in [9.17, 15) is 5.11 Å². The lowest BCUT2D eigenvalue weighted by Crippen LogP contribution is -2.39. The van der Waals surface area contributed by atoms with E-state index in [0.29, 0.717) is 12.1 Å². The Labute approximate surface area is 213 Å². The first-order chi connectivity index (χ1) is 17.1. The molecular weight excluding hydrogens is 432 g/mol. The van der Waals surface area contributed by atoms with Crippen LogP contribution in [0.25, 0.3) is 0 Å². The van der Waals surface area contributed by atoms with Gasteiger partial charge in [0.15, 0.2) is 0 Å². The molecule has 4 unspecified atom stereocenters. The highest BCUT2D eigenvalue weighted by Gasteiger charge is 2.39. The van der Waals surface area contributed by atoms with Crippen LogP contribution in [0.3, 0.4) is 0 Å². The van der Waals surface area contributed by atoms with E-state index in [1.54, 1.807) is 5.57 Å². The van der Waals surface area contributed by atoms with Gasteiger partial charge in [0.05, 0.1) is 0 Å². The van der Waals surface area contributed by atoms with Crippen LogP contribution in [0.5, 0.6) is 0 Å². The first kappa shape index (κ1) is 26.2. The van der Waals surface area contributed by atoms with Gasteiger partial charge in [-0.3, -0.25) is 4.90 Å². The zero-order valence-corrected chi connectivity index (χ0v) is 22.1. The third-order valence-corrected chi connectivity index (χ3v) is 8.23. The minimum atomic E-state index is -0.823. The van der Waals surface area contributed by atoms with E-state index in [1.807, 2.05) is 4.90 Å². The molecule has 0 amide bonds. The number of fused-ring (bicyclic) bond motifs is 1. The normalized spacial score (nSPS) is 32.7.